The Balaban J connectivity index is 2.86. The Morgan fingerprint density at radius 1 is 0.733 bits per heavy atom. The molecule has 1 rings (SSSR count). The average molecular weight is 427 g/mol. The minimum Gasteiger partial charge on any atom is -0.465 e. The highest BCUT2D eigenvalue weighted by molar-refractivity contribution is 5.74. The first-order valence-corrected chi connectivity index (χ1v) is 10.1. The third-order valence-corrected chi connectivity index (χ3v) is 4.92. The second kappa shape index (κ2) is 13.9. The molecule has 1 heterocycles. The summed E-state index contributed by atoms with van der Waals surface area (Å²) in [6.45, 7) is 5.56. The van der Waals surface area contributed by atoms with Crippen molar-refractivity contribution in [1.82, 2.24) is 0 Å². The Morgan fingerprint density at radius 3 is 1.63 bits per heavy atom. The van der Waals surface area contributed by atoms with E-state index in [1.54, 1.807) is 26.2 Å². The van der Waals surface area contributed by atoms with Crippen LogP contribution < -0.4 is 0 Å². The van der Waals surface area contributed by atoms with Crippen molar-refractivity contribution in [1.29, 1.82) is 0 Å². The summed E-state index contributed by atoms with van der Waals surface area (Å²) in [5, 5.41) is 0. The molecule has 0 radical (unpaired) electrons. The first-order valence-electron chi connectivity index (χ1n) is 10.1. The molecule has 0 aromatic carbocycles. The number of cyclic esters (lactones) is 3. The second-order valence-electron chi connectivity index (χ2n) is 7.43. The van der Waals surface area contributed by atoms with Crippen LogP contribution in [0.25, 0.3) is 0 Å². The van der Waals surface area contributed by atoms with Gasteiger partial charge in [-0.05, 0) is 6.92 Å². The second-order valence-corrected chi connectivity index (χ2v) is 7.43. The van der Waals surface area contributed by atoms with E-state index in [1.165, 1.54) is 7.11 Å². The molecule has 1 aliphatic heterocycles. The summed E-state index contributed by atoms with van der Waals surface area (Å²) >= 11 is 0. The zero-order valence-electron chi connectivity index (χ0n) is 18.5. The van der Waals surface area contributed by atoms with Gasteiger partial charge in [0.2, 0.25) is 0 Å². The standard InChI is InChI=1S/C22H34O8/c1-15-8-6-10-20(23)28-12-17(3)22(25)30-14-19(27-5)16(2)9-7-11-21(24)29-13-18(15)26-4/h6-9,15-19H,10-14H2,1-5H3/t15-,16-,17+,18-,19-/m1/s1. The van der Waals surface area contributed by atoms with Gasteiger partial charge in [0.1, 0.15) is 19.8 Å². The number of hydrogen-bond acceptors (Lipinski definition) is 8. The van der Waals surface area contributed by atoms with Crippen molar-refractivity contribution in [3.63, 3.8) is 0 Å². The van der Waals surface area contributed by atoms with Gasteiger partial charge in [-0.1, -0.05) is 38.2 Å². The Hall–Kier alpha value is -2.19. The smallest absolute Gasteiger partial charge is 0.312 e. The van der Waals surface area contributed by atoms with Gasteiger partial charge in [-0.2, -0.15) is 0 Å². The molecule has 0 N–H and O–H groups in total. The summed E-state index contributed by atoms with van der Waals surface area (Å²) in [6.07, 6.45) is 6.51. The minimum atomic E-state index is -0.585. The van der Waals surface area contributed by atoms with Gasteiger partial charge in [0.15, 0.2) is 0 Å². The molecule has 30 heavy (non-hydrogen) atoms. The normalized spacial score (nSPS) is 30.8. The molecule has 1 aliphatic rings. The maximum Gasteiger partial charge on any atom is 0.312 e. The van der Waals surface area contributed by atoms with Crippen molar-refractivity contribution < 1.29 is 38.1 Å². The van der Waals surface area contributed by atoms with Crippen molar-refractivity contribution >= 4 is 17.9 Å². The van der Waals surface area contributed by atoms with Gasteiger partial charge < -0.3 is 23.7 Å². The number of hydrogen-bond donors (Lipinski definition) is 0. The van der Waals surface area contributed by atoms with Crippen molar-refractivity contribution in [3.05, 3.63) is 24.3 Å². The topological polar surface area (TPSA) is 97.4 Å². The van der Waals surface area contributed by atoms with E-state index in [4.69, 9.17) is 23.7 Å². The van der Waals surface area contributed by atoms with E-state index < -0.39 is 17.9 Å². The minimum absolute atomic E-state index is 0.0508. The number of carbonyl (C=O) groups excluding carboxylic acids is 3. The maximum atomic E-state index is 12.1. The highest BCUT2D eigenvalue weighted by Gasteiger charge is 2.22. The van der Waals surface area contributed by atoms with Crippen molar-refractivity contribution in [2.75, 3.05) is 34.0 Å². The molecule has 0 spiro atoms. The lowest BCUT2D eigenvalue weighted by atomic mass is 10.0. The predicted molar refractivity (Wildman–Crippen MR) is 109 cm³/mol. The van der Waals surface area contributed by atoms with Crippen LogP contribution in [0.1, 0.15) is 33.6 Å². The fraction of sp³-hybridized carbons (Fsp3) is 0.682. The maximum absolute atomic E-state index is 12.1. The molecular weight excluding hydrogens is 392 g/mol. The van der Waals surface area contributed by atoms with Gasteiger partial charge in [-0.15, -0.1) is 0 Å². The molecule has 0 aromatic heterocycles. The van der Waals surface area contributed by atoms with E-state index in [2.05, 4.69) is 0 Å². The Bertz CT molecular complexity index is 612. The van der Waals surface area contributed by atoms with E-state index in [0.717, 1.165) is 0 Å². The molecular formula is C22H34O8. The van der Waals surface area contributed by atoms with Gasteiger partial charge in [0, 0.05) is 26.1 Å². The van der Waals surface area contributed by atoms with Crippen LogP contribution in [0.2, 0.25) is 0 Å². The molecule has 5 atom stereocenters. The average Bonchev–Trinajstić information content (AvgIpc) is 2.72. The first kappa shape index (κ1) is 25.8. The van der Waals surface area contributed by atoms with Crippen LogP contribution in [0.5, 0.6) is 0 Å². The number of methoxy groups -OCH3 is 2. The highest BCUT2D eigenvalue weighted by Crippen LogP contribution is 2.13. The molecule has 0 bridgehead atoms. The van der Waals surface area contributed by atoms with Crippen LogP contribution in [0.15, 0.2) is 24.3 Å². The lowest BCUT2D eigenvalue weighted by Gasteiger charge is -2.21. The van der Waals surface area contributed by atoms with Crippen molar-refractivity contribution in [2.45, 2.75) is 45.8 Å². The third kappa shape index (κ3) is 9.54. The summed E-state index contributed by atoms with van der Waals surface area (Å²) in [6, 6.07) is 0. The quantitative estimate of drug-likeness (QED) is 0.377. The molecule has 0 saturated heterocycles. The summed E-state index contributed by atoms with van der Waals surface area (Å²) < 4.78 is 26.5. The monoisotopic (exact) mass is 426 g/mol. The summed E-state index contributed by atoms with van der Waals surface area (Å²) in [5.41, 5.74) is 0. The number of carbonyl (C=O) groups is 3. The molecule has 8 heteroatoms. The zero-order chi connectivity index (χ0) is 22.5. The fourth-order valence-corrected chi connectivity index (χ4v) is 2.76. The van der Waals surface area contributed by atoms with Crippen LogP contribution >= 0.6 is 0 Å². The van der Waals surface area contributed by atoms with Gasteiger partial charge in [-0.25, -0.2) is 0 Å². The Labute approximate surface area is 178 Å². The lowest BCUT2D eigenvalue weighted by Crippen LogP contribution is -2.30. The van der Waals surface area contributed by atoms with Crippen molar-refractivity contribution in [2.24, 2.45) is 17.8 Å². The number of esters is 3. The van der Waals surface area contributed by atoms with E-state index in [1.807, 2.05) is 26.0 Å². The SMILES string of the molecule is CO[C@@H]1COC(=O)CC=C[C@@H](C)[C@H](OC)COC(=O)[C@@H](C)COC(=O)CC=C[C@H]1C. The Morgan fingerprint density at radius 2 is 1.17 bits per heavy atom. The van der Waals surface area contributed by atoms with Gasteiger partial charge >= 0.3 is 17.9 Å². The summed E-state index contributed by atoms with van der Waals surface area (Å²) in [7, 11) is 3.07. The number of rotatable bonds is 2. The molecule has 0 saturated carbocycles. The molecule has 0 amide bonds. The molecule has 0 aromatic rings. The van der Waals surface area contributed by atoms with Gasteiger partial charge in [-0.3, -0.25) is 14.4 Å². The lowest BCUT2D eigenvalue weighted by molar-refractivity contribution is -0.157. The molecule has 170 valence electrons. The van der Waals surface area contributed by atoms with Crippen LogP contribution in [0, 0.1) is 17.8 Å². The molecule has 0 fully saturated rings. The third-order valence-electron chi connectivity index (χ3n) is 4.92. The van der Waals surface area contributed by atoms with E-state index in [9.17, 15) is 14.4 Å². The van der Waals surface area contributed by atoms with Crippen LogP contribution in [0.4, 0.5) is 0 Å². The zero-order valence-corrected chi connectivity index (χ0v) is 18.5. The van der Waals surface area contributed by atoms with E-state index in [-0.39, 0.29) is 62.7 Å². The molecule has 8 nitrogen and oxygen atoms in total. The largest absolute Gasteiger partial charge is 0.465 e. The number of ether oxygens (including phenoxy) is 5. The van der Waals surface area contributed by atoms with Gasteiger partial charge in [0.25, 0.3) is 0 Å². The summed E-state index contributed by atoms with van der Waals surface area (Å²) in [4.78, 5) is 36.0. The Kier molecular flexibility index (Phi) is 12.0. The van der Waals surface area contributed by atoms with Gasteiger partial charge in [0.05, 0.1) is 31.0 Å². The first-order chi connectivity index (χ1) is 14.3. The predicted octanol–water partition coefficient (Wildman–Crippen LogP) is 2.46. The van der Waals surface area contributed by atoms with E-state index >= 15 is 0 Å². The van der Waals surface area contributed by atoms with Crippen LogP contribution in [-0.4, -0.2) is 64.2 Å². The highest BCUT2D eigenvalue weighted by atomic mass is 16.6. The van der Waals surface area contributed by atoms with E-state index in [0.29, 0.717) is 0 Å². The fourth-order valence-electron chi connectivity index (χ4n) is 2.76. The van der Waals surface area contributed by atoms with Crippen LogP contribution in [-0.2, 0) is 38.1 Å². The van der Waals surface area contributed by atoms with Crippen molar-refractivity contribution in [3.8, 4) is 0 Å². The summed E-state index contributed by atoms with van der Waals surface area (Å²) in [5.74, 6) is -2.03. The molecule has 0 aliphatic carbocycles. The molecule has 0 unspecified atom stereocenters. The van der Waals surface area contributed by atoms with Crippen LogP contribution in [0.3, 0.4) is 0 Å².